The van der Waals surface area contributed by atoms with Crippen LogP contribution in [0, 0.1) is 12.8 Å². The van der Waals surface area contributed by atoms with Crippen molar-refractivity contribution in [1.29, 1.82) is 0 Å². The normalized spacial score (nSPS) is 22.0. The Labute approximate surface area is 142 Å². The zero-order valence-corrected chi connectivity index (χ0v) is 15.6. The van der Waals surface area contributed by atoms with E-state index in [-0.39, 0.29) is 6.10 Å². The van der Waals surface area contributed by atoms with Crippen molar-refractivity contribution in [1.82, 2.24) is 9.88 Å². The van der Waals surface area contributed by atoms with Crippen molar-refractivity contribution >= 4 is 28.0 Å². The van der Waals surface area contributed by atoms with E-state index in [2.05, 4.69) is 39.8 Å². The van der Waals surface area contributed by atoms with Crippen molar-refractivity contribution in [3.63, 3.8) is 0 Å². The van der Waals surface area contributed by atoms with Gasteiger partial charge in [0.1, 0.15) is 6.10 Å². The molecule has 122 valence electrons. The standard InChI is InChI=1S/C17H26BrN3O/c1-5-21(4)11-19-15-10-14(18)17(20-13(15)3)22-16-9-7-6-8-12(16)2/h10-12,16H,5-9H2,1-4H3/b19-11+/t12-,16-/m1/s1. The SMILES string of the molecule is CCN(C)/C=N/c1cc(Br)c(O[C@@H]2CCCC[C@H]2C)nc1C. The van der Waals surface area contributed by atoms with Gasteiger partial charge in [-0.2, -0.15) is 0 Å². The zero-order valence-electron chi connectivity index (χ0n) is 14.0. The molecule has 1 aromatic rings. The summed E-state index contributed by atoms with van der Waals surface area (Å²) in [6.45, 7) is 7.26. The van der Waals surface area contributed by atoms with Crippen molar-refractivity contribution in [2.75, 3.05) is 13.6 Å². The molecule has 0 aromatic carbocycles. The molecule has 22 heavy (non-hydrogen) atoms. The maximum Gasteiger partial charge on any atom is 0.228 e. The van der Waals surface area contributed by atoms with E-state index >= 15 is 0 Å². The van der Waals surface area contributed by atoms with Crippen LogP contribution in [0.15, 0.2) is 15.5 Å². The first-order valence-electron chi connectivity index (χ1n) is 8.09. The van der Waals surface area contributed by atoms with Gasteiger partial charge in [0.15, 0.2) is 0 Å². The number of aliphatic imine (C=N–C) groups is 1. The Morgan fingerprint density at radius 1 is 1.45 bits per heavy atom. The lowest BCUT2D eigenvalue weighted by Crippen LogP contribution is -2.28. The smallest absolute Gasteiger partial charge is 0.228 e. The number of nitrogens with zero attached hydrogens (tertiary/aromatic N) is 3. The summed E-state index contributed by atoms with van der Waals surface area (Å²) in [6, 6.07) is 1.99. The maximum absolute atomic E-state index is 6.16. The van der Waals surface area contributed by atoms with Gasteiger partial charge in [-0.1, -0.05) is 13.3 Å². The van der Waals surface area contributed by atoms with Crippen LogP contribution in [0.1, 0.15) is 45.2 Å². The second-order valence-electron chi connectivity index (χ2n) is 6.12. The first kappa shape index (κ1) is 17.3. The van der Waals surface area contributed by atoms with Crippen LogP contribution in [0.4, 0.5) is 5.69 Å². The molecule has 0 bridgehead atoms. The van der Waals surface area contributed by atoms with Crippen molar-refractivity contribution in [3.8, 4) is 5.88 Å². The van der Waals surface area contributed by atoms with E-state index in [1.54, 1.807) is 0 Å². The summed E-state index contributed by atoms with van der Waals surface area (Å²) in [4.78, 5) is 11.1. The second kappa shape index (κ2) is 7.95. The van der Waals surface area contributed by atoms with Crippen LogP contribution in [0.5, 0.6) is 5.88 Å². The van der Waals surface area contributed by atoms with Gasteiger partial charge in [-0.05, 0) is 61.0 Å². The van der Waals surface area contributed by atoms with Crippen molar-refractivity contribution in [3.05, 3.63) is 16.2 Å². The average molecular weight is 368 g/mol. The molecule has 0 radical (unpaired) electrons. The number of pyridine rings is 1. The molecule has 0 N–H and O–H groups in total. The molecule has 1 heterocycles. The van der Waals surface area contributed by atoms with Gasteiger partial charge in [-0.3, -0.25) is 0 Å². The van der Waals surface area contributed by atoms with Crippen LogP contribution in [0.25, 0.3) is 0 Å². The molecule has 5 heteroatoms. The molecule has 0 unspecified atom stereocenters. The van der Waals surface area contributed by atoms with E-state index in [1.807, 2.05) is 31.3 Å². The largest absolute Gasteiger partial charge is 0.473 e. The second-order valence-corrected chi connectivity index (χ2v) is 6.97. The molecule has 4 nitrogen and oxygen atoms in total. The highest BCUT2D eigenvalue weighted by Crippen LogP contribution is 2.33. The molecule has 1 aromatic heterocycles. The summed E-state index contributed by atoms with van der Waals surface area (Å²) in [5, 5.41) is 0. The van der Waals surface area contributed by atoms with Crippen LogP contribution >= 0.6 is 15.9 Å². The van der Waals surface area contributed by atoms with Crippen LogP contribution in [-0.4, -0.2) is 35.9 Å². The predicted octanol–water partition coefficient (Wildman–Crippen LogP) is 4.72. The molecular weight excluding hydrogens is 342 g/mol. The number of halogens is 1. The van der Waals surface area contributed by atoms with Crippen LogP contribution in [0.3, 0.4) is 0 Å². The molecule has 0 aliphatic heterocycles. The number of aryl methyl sites for hydroxylation is 1. The highest BCUT2D eigenvalue weighted by molar-refractivity contribution is 9.10. The lowest BCUT2D eigenvalue weighted by Gasteiger charge is -2.29. The van der Waals surface area contributed by atoms with Crippen molar-refractivity contribution < 1.29 is 4.74 Å². The summed E-state index contributed by atoms with van der Waals surface area (Å²) in [6.07, 6.45) is 7.03. The first-order chi connectivity index (χ1) is 10.5. The zero-order chi connectivity index (χ0) is 16.1. The van der Waals surface area contributed by atoms with Gasteiger partial charge in [0, 0.05) is 13.6 Å². The molecule has 2 atom stereocenters. The van der Waals surface area contributed by atoms with Gasteiger partial charge in [-0.25, -0.2) is 9.98 Å². The van der Waals surface area contributed by atoms with E-state index in [1.165, 1.54) is 19.3 Å². The highest BCUT2D eigenvalue weighted by Gasteiger charge is 2.24. The summed E-state index contributed by atoms with van der Waals surface area (Å²) >= 11 is 3.58. The minimum absolute atomic E-state index is 0.275. The van der Waals surface area contributed by atoms with Gasteiger partial charge in [0.25, 0.3) is 0 Å². The third-order valence-electron chi connectivity index (χ3n) is 4.30. The Bertz CT molecular complexity index is 533. The molecule has 0 spiro atoms. The predicted molar refractivity (Wildman–Crippen MR) is 95.2 cm³/mol. The van der Waals surface area contributed by atoms with Crippen molar-refractivity contribution in [2.45, 2.75) is 52.6 Å². The van der Waals surface area contributed by atoms with E-state index in [4.69, 9.17) is 4.74 Å². The molecule has 0 amide bonds. The van der Waals surface area contributed by atoms with Gasteiger partial charge in [0.05, 0.1) is 22.2 Å². The van der Waals surface area contributed by atoms with Crippen LogP contribution in [-0.2, 0) is 0 Å². The Morgan fingerprint density at radius 2 is 2.18 bits per heavy atom. The lowest BCUT2D eigenvalue weighted by molar-refractivity contribution is 0.0966. The Hall–Kier alpha value is -1.10. The number of ether oxygens (including phenoxy) is 1. The van der Waals surface area contributed by atoms with Crippen molar-refractivity contribution in [2.24, 2.45) is 10.9 Å². The molecule has 0 saturated heterocycles. The van der Waals surface area contributed by atoms with Crippen LogP contribution < -0.4 is 4.74 Å². The minimum Gasteiger partial charge on any atom is -0.473 e. The molecular formula is C17H26BrN3O. The number of hydrogen-bond donors (Lipinski definition) is 0. The van der Waals surface area contributed by atoms with Gasteiger partial charge in [0.2, 0.25) is 5.88 Å². The lowest BCUT2D eigenvalue weighted by atomic mass is 9.88. The van der Waals surface area contributed by atoms with Gasteiger partial charge < -0.3 is 9.64 Å². The Balaban J connectivity index is 2.13. The highest BCUT2D eigenvalue weighted by atomic mass is 79.9. The fraction of sp³-hybridized carbons (Fsp3) is 0.647. The third-order valence-corrected chi connectivity index (χ3v) is 4.86. The fourth-order valence-electron chi connectivity index (χ4n) is 2.61. The molecule has 1 aliphatic rings. The molecule has 1 saturated carbocycles. The number of rotatable bonds is 5. The monoisotopic (exact) mass is 367 g/mol. The first-order valence-corrected chi connectivity index (χ1v) is 8.88. The van der Waals surface area contributed by atoms with Gasteiger partial charge >= 0.3 is 0 Å². The Kier molecular flexibility index (Phi) is 6.24. The van der Waals surface area contributed by atoms with E-state index in [9.17, 15) is 0 Å². The third kappa shape index (κ3) is 4.45. The molecule has 1 aliphatic carbocycles. The fourth-order valence-corrected chi connectivity index (χ4v) is 3.00. The van der Waals surface area contributed by atoms with Gasteiger partial charge in [-0.15, -0.1) is 0 Å². The maximum atomic E-state index is 6.16. The Morgan fingerprint density at radius 3 is 2.86 bits per heavy atom. The summed E-state index contributed by atoms with van der Waals surface area (Å²) < 4.78 is 7.04. The van der Waals surface area contributed by atoms with Crippen LogP contribution in [0.2, 0.25) is 0 Å². The van der Waals surface area contributed by atoms with E-state index < -0.39 is 0 Å². The number of aromatic nitrogens is 1. The summed E-state index contributed by atoms with van der Waals surface area (Å²) in [7, 11) is 2.00. The number of hydrogen-bond acceptors (Lipinski definition) is 3. The topological polar surface area (TPSA) is 37.7 Å². The molecule has 2 rings (SSSR count). The molecule has 1 fully saturated rings. The van der Waals surface area contributed by atoms with E-state index in [0.717, 1.165) is 28.8 Å². The van der Waals surface area contributed by atoms with E-state index in [0.29, 0.717) is 11.8 Å². The summed E-state index contributed by atoms with van der Waals surface area (Å²) in [5.41, 5.74) is 1.76. The summed E-state index contributed by atoms with van der Waals surface area (Å²) in [5.74, 6) is 1.29. The quantitative estimate of drug-likeness (QED) is 0.557. The average Bonchev–Trinajstić information content (AvgIpc) is 2.51. The minimum atomic E-state index is 0.275.